The van der Waals surface area contributed by atoms with Crippen molar-refractivity contribution >= 4 is 29.0 Å². The number of ether oxygens (including phenoxy) is 1. The smallest absolute Gasteiger partial charge is 0.164 e. The van der Waals surface area contributed by atoms with Gasteiger partial charge < -0.3 is 4.74 Å². The number of carbonyl (C=O) groups is 1. The molecule has 1 aromatic rings. The van der Waals surface area contributed by atoms with Crippen LogP contribution in [0.4, 0.5) is 0 Å². The van der Waals surface area contributed by atoms with Gasteiger partial charge in [0, 0.05) is 24.1 Å². The molecule has 0 heterocycles. The molecular formula is C12H14Cl2O2. The number of hydrogen-bond acceptors (Lipinski definition) is 2. The van der Waals surface area contributed by atoms with Gasteiger partial charge in [-0.05, 0) is 31.5 Å². The van der Waals surface area contributed by atoms with E-state index >= 15 is 0 Å². The summed E-state index contributed by atoms with van der Waals surface area (Å²) in [5.41, 5.74) is 0.484. The molecule has 0 aliphatic rings. The minimum Gasteiger partial charge on any atom is -0.382 e. The van der Waals surface area contributed by atoms with Gasteiger partial charge in [-0.3, -0.25) is 4.79 Å². The third-order valence-electron chi connectivity index (χ3n) is 2.41. The number of carbonyl (C=O) groups excluding carboxylic acids is 1. The molecule has 0 saturated carbocycles. The molecule has 0 saturated heterocycles. The van der Waals surface area contributed by atoms with Crippen molar-refractivity contribution in [3.8, 4) is 0 Å². The van der Waals surface area contributed by atoms with E-state index in [9.17, 15) is 4.79 Å². The Kier molecular flexibility index (Phi) is 5.26. The summed E-state index contributed by atoms with van der Waals surface area (Å²) >= 11 is 11.7. The summed E-state index contributed by atoms with van der Waals surface area (Å²) in [6.07, 6.45) is 1.16. The third kappa shape index (κ3) is 3.78. The van der Waals surface area contributed by atoms with Crippen molar-refractivity contribution in [2.75, 3.05) is 7.11 Å². The Morgan fingerprint density at radius 2 is 2.12 bits per heavy atom. The minimum absolute atomic E-state index is 0.00333. The first kappa shape index (κ1) is 13.5. The van der Waals surface area contributed by atoms with Crippen LogP contribution in [-0.4, -0.2) is 19.0 Å². The Morgan fingerprint density at radius 1 is 1.44 bits per heavy atom. The van der Waals surface area contributed by atoms with Crippen LogP contribution in [0, 0.1) is 0 Å². The zero-order chi connectivity index (χ0) is 12.1. The van der Waals surface area contributed by atoms with Gasteiger partial charge in [0.25, 0.3) is 0 Å². The van der Waals surface area contributed by atoms with Crippen LogP contribution in [0.2, 0.25) is 10.0 Å². The Labute approximate surface area is 106 Å². The lowest BCUT2D eigenvalue weighted by Gasteiger charge is -2.09. The van der Waals surface area contributed by atoms with Crippen LogP contribution >= 0.6 is 23.2 Å². The molecule has 1 unspecified atom stereocenters. The fourth-order valence-electron chi connectivity index (χ4n) is 1.30. The lowest BCUT2D eigenvalue weighted by molar-refractivity contribution is 0.0878. The van der Waals surface area contributed by atoms with Gasteiger partial charge >= 0.3 is 0 Å². The number of hydrogen-bond donors (Lipinski definition) is 0. The maximum atomic E-state index is 11.8. The fourth-order valence-corrected chi connectivity index (χ4v) is 1.69. The molecule has 16 heavy (non-hydrogen) atoms. The van der Waals surface area contributed by atoms with Gasteiger partial charge in [0.1, 0.15) is 0 Å². The average molecular weight is 261 g/mol. The van der Waals surface area contributed by atoms with Crippen molar-refractivity contribution in [1.82, 2.24) is 0 Å². The van der Waals surface area contributed by atoms with Crippen molar-refractivity contribution in [2.45, 2.75) is 25.9 Å². The van der Waals surface area contributed by atoms with Crippen molar-refractivity contribution in [2.24, 2.45) is 0 Å². The molecule has 1 atom stereocenters. The zero-order valence-corrected chi connectivity index (χ0v) is 10.8. The molecule has 0 aliphatic heterocycles. The monoisotopic (exact) mass is 260 g/mol. The van der Waals surface area contributed by atoms with Crippen LogP contribution in [0.1, 0.15) is 30.1 Å². The molecule has 4 heteroatoms. The first-order chi connectivity index (χ1) is 7.54. The number of methoxy groups -OCH3 is 1. The highest BCUT2D eigenvalue weighted by Gasteiger charge is 2.12. The summed E-state index contributed by atoms with van der Waals surface area (Å²) in [6, 6.07) is 4.90. The van der Waals surface area contributed by atoms with Crippen molar-refractivity contribution in [3.05, 3.63) is 33.8 Å². The molecule has 0 bridgehead atoms. The van der Waals surface area contributed by atoms with Crippen LogP contribution in [0.3, 0.4) is 0 Å². The zero-order valence-electron chi connectivity index (χ0n) is 9.30. The number of benzene rings is 1. The highest BCUT2D eigenvalue weighted by Crippen LogP contribution is 2.22. The van der Waals surface area contributed by atoms with E-state index in [-0.39, 0.29) is 11.9 Å². The fraction of sp³-hybridized carbons (Fsp3) is 0.417. The van der Waals surface area contributed by atoms with Crippen molar-refractivity contribution < 1.29 is 9.53 Å². The topological polar surface area (TPSA) is 26.3 Å². The van der Waals surface area contributed by atoms with Crippen molar-refractivity contribution in [1.29, 1.82) is 0 Å². The molecular weight excluding hydrogens is 247 g/mol. The highest BCUT2D eigenvalue weighted by molar-refractivity contribution is 6.35. The van der Waals surface area contributed by atoms with Gasteiger partial charge in [0.15, 0.2) is 5.78 Å². The SMILES string of the molecule is COC(C)CCC(=O)c1cc(Cl)ccc1Cl. The van der Waals surface area contributed by atoms with Gasteiger partial charge in [0.2, 0.25) is 0 Å². The predicted molar refractivity (Wildman–Crippen MR) is 66.5 cm³/mol. The van der Waals surface area contributed by atoms with Crippen LogP contribution in [0.25, 0.3) is 0 Å². The number of rotatable bonds is 5. The van der Waals surface area contributed by atoms with Gasteiger partial charge in [0.05, 0.1) is 11.1 Å². The van der Waals surface area contributed by atoms with E-state index in [1.807, 2.05) is 6.92 Å². The summed E-state index contributed by atoms with van der Waals surface area (Å²) in [5, 5.41) is 0.965. The summed E-state index contributed by atoms with van der Waals surface area (Å²) in [7, 11) is 1.63. The molecule has 0 amide bonds. The quantitative estimate of drug-likeness (QED) is 0.749. The van der Waals surface area contributed by atoms with E-state index in [1.54, 1.807) is 25.3 Å². The Hall–Kier alpha value is -0.570. The van der Waals surface area contributed by atoms with E-state index < -0.39 is 0 Å². The molecule has 88 valence electrons. The third-order valence-corrected chi connectivity index (χ3v) is 2.97. The molecule has 1 rings (SSSR count). The Balaban J connectivity index is 2.69. The first-order valence-electron chi connectivity index (χ1n) is 5.05. The average Bonchev–Trinajstić information content (AvgIpc) is 2.28. The molecule has 0 spiro atoms. The van der Waals surface area contributed by atoms with Gasteiger partial charge in [-0.2, -0.15) is 0 Å². The lowest BCUT2D eigenvalue weighted by Crippen LogP contribution is -2.09. The first-order valence-corrected chi connectivity index (χ1v) is 5.81. The molecule has 0 N–H and O–H groups in total. The van der Waals surface area contributed by atoms with Gasteiger partial charge in [-0.15, -0.1) is 0 Å². The standard InChI is InChI=1S/C12H14Cl2O2/c1-8(16-2)3-6-12(15)10-7-9(13)4-5-11(10)14/h4-5,7-8H,3,6H2,1-2H3. The second-order valence-corrected chi connectivity index (χ2v) is 4.48. The van der Waals surface area contributed by atoms with Gasteiger partial charge in [-0.1, -0.05) is 23.2 Å². The summed E-state index contributed by atoms with van der Waals surface area (Å²) in [4.78, 5) is 11.8. The Bertz CT molecular complexity index is 377. The summed E-state index contributed by atoms with van der Waals surface area (Å²) in [6.45, 7) is 1.92. The Morgan fingerprint density at radius 3 is 2.75 bits per heavy atom. The second-order valence-electron chi connectivity index (χ2n) is 3.63. The van der Waals surface area contributed by atoms with E-state index in [0.717, 1.165) is 0 Å². The predicted octanol–water partition coefficient (Wildman–Crippen LogP) is 3.99. The number of halogens is 2. The van der Waals surface area contributed by atoms with E-state index in [1.165, 1.54) is 0 Å². The van der Waals surface area contributed by atoms with E-state index in [2.05, 4.69) is 0 Å². The van der Waals surface area contributed by atoms with Crippen LogP contribution < -0.4 is 0 Å². The minimum atomic E-state index is -0.00333. The highest BCUT2D eigenvalue weighted by atomic mass is 35.5. The molecule has 0 aromatic heterocycles. The molecule has 0 aliphatic carbocycles. The van der Waals surface area contributed by atoms with E-state index in [4.69, 9.17) is 27.9 Å². The maximum Gasteiger partial charge on any atom is 0.164 e. The normalized spacial score (nSPS) is 12.5. The number of ketones is 1. The molecule has 0 radical (unpaired) electrons. The molecule has 2 nitrogen and oxygen atoms in total. The second kappa shape index (κ2) is 6.24. The molecule has 0 fully saturated rings. The summed E-state index contributed by atoms with van der Waals surface area (Å²) < 4.78 is 5.08. The molecule has 1 aromatic carbocycles. The van der Waals surface area contributed by atoms with Crippen LogP contribution in [-0.2, 0) is 4.74 Å². The van der Waals surface area contributed by atoms with E-state index in [0.29, 0.717) is 28.5 Å². The largest absolute Gasteiger partial charge is 0.382 e. The number of Topliss-reactive ketones (excluding diaryl/α,β-unsaturated/α-hetero) is 1. The lowest BCUT2D eigenvalue weighted by atomic mass is 10.0. The summed E-state index contributed by atoms with van der Waals surface area (Å²) in [5.74, 6) is -0.00333. The van der Waals surface area contributed by atoms with Crippen molar-refractivity contribution in [3.63, 3.8) is 0 Å². The van der Waals surface area contributed by atoms with Crippen LogP contribution in [0.15, 0.2) is 18.2 Å². The van der Waals surface area contributed by atoms with Gasteiger partial charge in [-0.25, -0.2) is 0 Å². The van der Waals surface area contributed by atoms with Crippen LogP contribution in [0.5, 0.6) is 0 Å². The maximum absolute atomic E-state index is 11.8.